The summed E-state index contributed by atoms with van der Waals surface area (Å²) in [6.07, 6.45) is 6.14. The van der Waals surface area contributed by atoms with E-state index in [1.54, 1.807) is 19.0 Å². The van der Waals surface area contributed by atoms with Gasteiger partial charge < -0.3 is 25.0 Å². The number of hydrogen-bond acceptors (Lipinski definition) is 5. The van der Waals surface area contributed by atoms with E-state index in [4.69, 9.17) is 9.47 Å². The molecule has 3 rings (SSSR count). The van der Waals surface area contributed by atoms with E-state index in [9.17, 15) is 4.79 Å². The van der Waals surface area contributed by atoms with Crippen LogP contribution >= 0.6 is 0 Å². The summed E-state index contributed by atoms with van der Waals surface area (Å²) in [7, 11) is 3.53. The van der Waals surface area contributed by atoms with Gasteiger partial charge in [0, 0.05) is 51.8 Å². The number of hydrogen-bond donors (Lipinski definition) is 2. The molecule has 0 radical (unpaired) electrons. The molecule has 0 aromatic heterocycles. The van der Waals surface area contributed by atoms with Crippen LogP contribution in [0.25, 0.3) is 0 Å². The lowest BCUT2D eigenvalue weighted by atomic mass is 9.51. The van der Waals surface area contributed by atoms with Crippen molar-refractivity contribution in [3.63, 3.8) is 0 Å². The minimum absolute atomic E-state index is 0.0126. The first-order chi connectivity index (χ1) is 14.0. The van der Waals surface area contributed by atoms with Crippen molar-refractivity contribution in [1.82, 2.24) is 20.4 Å². The molecule has 1 saturated heterocycles. The van der Waals surface area contributed by atoms with E-state index >= 15 is 0 Å². The highest BCUT2D eigenvalue weighted by Gasteiger charge is 2.59. The average Bonchev–Trinajstić information content (AvgIpc) is 2.67. The highest BCUT2D eigenvalue weighted by atomic mass is 16.5. The summed E-state index contributed by atoms with van der Waals surface area (Å²) in [4.78, 5) is 20.6. The van der Waals surface area contributed by atoms with E-state index in [0.717, 1.165) is 64.8 Å². The number of morpholine rings is 1. The SMILES string of the molecule is CCOC1CC(NC(=NCC(=O)N(C)C)NCCCN2CCOCC2)C12CCC2. The van der Waals surface area contributed by atoms with Gasteiger partial charge in [0.15, 0.2) is 5.96 Å². The fraction of sp³-hybridized carbons (Fsp3) is 0.905. The summed E-state index contributed by atoms with van der Waals surface area (Å²) in [5.74, 6) is 0.770. The van der Waals surface area contributed by atoms with Gasteiger partial charge in [-0.25, -0.2) is 4.99 Å². The normalized spacial score (nSPS) is 26.5. The minimum Gasteiger partial charge on any atom is -0.379 e. The fourth-order valence-corrected chi connectivity index (χ4v) is 4.58. The van der Waals surface area contributed by atoms with Gasteiger partial charge >= 0.3 is 0 Å². The molecular formula is C21H39N5O3. The van der Waals surface area contributed by atoms with Gasteiger partial charge in [0.1, 0.15) is 6.54 Å². The van der Waals surface area contributed by atoms with Crippen molar-refractivity contribution < 1.29 is 14.3 Å². The van der Waals surface area contributed by atoms with Gasteiger partial charge in [-0.15, -0.1) is 0 Å². The third kappa shape index (κ3) is 5.61. The van der Waals surface area contributed by atoms with Crippen LogP contribution in [-0.2, 0) is 14.3 Å². The van der Waals surface area contributed by atoms with Crippen LogP contribution in [0.3, 0.4) is 0 Å². The maximum absolute atomic E-state index is 12.0. The van der Waals surface area contributed by atoms with Crippen LogP contribution in [0.4, 0.5) is 0 Å². The first-order valence-electron chi connectivity index (χ1n) is 11.2. The molecule has 2 atom stereocenters. The van der Waals surface area contributed by atoms with Crippen molar-refractivity contribution in [2.45, 2.75) is 51.2 Å². The Labute approximate surface area is 175 Å². The Morgan fingerprint density at radius 3 is 2.69 bits per heavy atom. The van der Waals surface area contributed by atoms with E-state index < -0.39 is 0 Å². The zero-order chi connectivity index (χ0) is 20.7. The summed E-state index contributed by atoms with van der Waals surface area (Å²) < 4.78 is 11.4. The topological polar surface area (TPSA) is 78.4 Å². The third-order valence-electron chi connectivity index (χ3n) is 6.67. The van der Waals surface area contributed by atoms with E-state index in [-0.39, 0.29) is 17.9 Å². The number of amides is 1. The Morgan fingerprint density at radius 2 is 2.07 bits per heavy atom. The molecule has 0 aromatic rings. The van der Waals surface area contributed by atoms with Gasteiger partial charge in [-0.2, -0.15) is 0 Å². The smallest absolute Gasteiger partial charge is 0.243 e. The van der Waals surface area contributed by atoms with Crippen molar-refractivity contribution in [3.8, 4) is 0 Å². The Hall–Kier alpha value is -1.38. The fourth-order valence-electron chi connectivity index (χ4n) is 4.58. The lowest BCUT2D eigenvalue weighted by Gasteiger charge is -2.61. The lowest BCUT2D eigenvalue weighted by molar-refractivity contribution is -0.168. The predicted octanol–water partition coefficient (Wildman–Crippen LogP) is 0.680. The van der Waals surface area contributed by atoms with Crippen molar-refractivity contribution >= 4 is 11.9 Å². The Kier molecular flexibility index (Phi) is 8.15. The molecule has 8 nitrogen and oxygen atoms in total. The van der Waals surface area contributed by atoms with Gasteiger partial charge in [-0.1, -0.05) is 6.42 Å². The van der Waals surface area contributed by atoms with Crippen LogP contribution in [0.2, 0.25) is 0 Å². The van der Waals surface area contributed by atoms with Crippen molar-refractivity contribution in [2.75, 3.05) is 66.6 Å². The molecule has 2 aliphatic carbocycles. The maximum Gasteiger partial charge on any atom is 0.243 e. The number of ether oxygens (including phenoxy) is 2. The molecule has 166 valence electrons. The molecule has 0 aromatic carbocycles. The summed E-state index contributed by atoms with van der Waals surface area (Å²) in [5, 5.41) is 7.08. The maximum atomic E-state index is 12.0. The van der Waals surface area contributed by atoms with Gasteiger partial charge in [-0.3, -0.25) is 9.69 Å². The third-order valence-corrected chi connectivity index (χ3v) is 6.67. The molecular weight excluding hydrogens is 370 g/mol. The monoisotopic (exact) mass is 409 g/mol. The van der Waals surface area contributed by atoms with Crippen molar-refractivity contribution in [2.24, 2.45) is 10.4 Å². The zero-order valence-corrected chi connectivity index (χ0v) is 18.4. The number of carbonyl (C=O) groups excluding carboxylic acids is 1. The first kappa shape index (κ1) is 22.3. The number of guanidine groups is 1. The van der Waals surface area contributed by atoms with Crippen molar-refractivity contribution in [3.05, 3.63) is 0 Å². The number of likely N-dealkylation sites (N-methyl/N-ethyl adjacent to an activating group) is 1. The number of nitrogens with zero attached hydrogens (tertiary/aromatic N) is 3. The van der Waals surface area contributed by atoms with E-state index in [2.05, 4.69) is 27.4 Å². The number of rotatable bonds is 9. The second-order valence-electron chi connectivity index (χ2n) is 8.65. The summed E-state index contributed by atoms with van der Waals surface area (Å²) >= 11 is 0. The molecule has 2 saturated carbocycles. The van der Waals surface area contributed by atoms with Gasteiger partial charge in [-0.05, 0) is 39.2 Å². The lowest BCUT2D eigenvalue weighted by Crippen LogP contribution is -2.68. The van der Waals surface area contributed by atoms with Crippen LogP contribution in [0.5, 0.6) is 0 Å². The van der Waals surface area contributed by atoms with Gasteiger partial charge in [0.05, 0.1) is 19.3 Å². The molecule has 1 heterocycles. The molecule has 2 unspecified atom stereocenters. The summed E-state index contributed by atoms with van der Waals surface area (Å²) in [6.45, 7) is 8.60. The molecule has 8 heteroatoms. The standard InChI is InChI=1S/C21H39N5O3/c1-4-29-18-15-17(21(18)7-5-8-21)24-20(23-16-19(27)25(2)3)22-9-6-10-26-11-13-28-14-12-26/h17-18H,4-16H2,1-3H3,(H2,22,23,24). The molecule has 1 aliphatic heterocycles. The zero-order valence-electron chi connectivity index (χ0n) is 18.4. The van der Waals surface area contributed by atoms with Crippen LogP contribution in [0, 0.1) is 5.41 Å². The first-order valence-corrected chi connectivity index (χ1v) is 11.2. The van der Waals surface area contributed by atoms with E-state index in [1.807, 2.05) is 0 Å². The van der Waals surface area contributed by atoms with Crippen LogP contribution < -0.4 is 10.6 Å². The molecule has 2 N–H and O–H groups in total. The van der Waals surface area contributed by atoms with Gasteiger partial charge in [0.2, 0.25) is 5.91 Å². The highest BCUT2D eigenvalue weighted by Crippen LogP contribution is 2.57. The molecule has 0 bridgehead atoms. The number of nitrogens with one attached hydrogen (secondary N) is 2. The molecule has 1 spiro atoms. The largest absolute Gasteiger partial charge is 0.379 e. The Bertz CT molecular complexity index is 559. The van der Waals surface area contributed by atoms with E-state index in [0.29, 0.717) is 12.1 Å². The van der Waals surface area contributed by atoms with E-state index in [1.165, 1.54) is 19.3 Å². The number of carbonyl (C=O) groups is 1. The Balaban J connectivity index is 1.50. The molecule has 3 fully saturated rings. The van der Waals surface area contributed by atoms with Crippen molar-refractivity contribution in [1.29, 1.82) is 0 Å². The quantitative estimate of drug-likeness (QED) is 0.331. The molecule has 1 amide bonds. The summed E-state index contributed by atoms with van der Waals surface area (Å²) in [6, 6.07) is 0.382. The highest BCUT2D eigenvalue weighted by molar-refractivity contribution is 5.85. The second-order valence-corrected chi connectivity index (χ2v) is 8.65. The van der Waals surface area contributed by atoms with Crippen LogP contribution in [0.1, 0.15) is 39.0 Å². The predicted molar refractivity (Wildman–Crippen MR) is 114 cm³/mol. The average molecular weight is 410 g/mol. The number of aliphatic imine (C=N–C) groups is 1. The summed E-state index contributed by atoms with van der Waals surface area (Å²) in [5.41, 5.74) is 0.262. The van der Waals surface area contributed by atoms with Crippen LogP contribution in [0.15, 0.2) is 4.99 Å². The minimum atomic E-state index is 0.0126. The Morgan fingerprint density at radius 1 is 1.31 bits per heavy atom. The second kappa shape index (κ2) is 10.6. The molecule has 3 aliphatic rings. The molecule has 29 heavy (non-hydrogen) atoms. The van der Waals surface area contributed by atoms with Crippen LogP contribution in [-0.4, -0.2) is 100 Å². The van der Waals surface area contributed by atoms with Gasteiger partial charge in [0.25, 0.3) is 0 Å².